The zero-order chi connectivity index (χ0) is 13.7. The van der Waals surface area contributed by atoms with Crippen molar-refractivity contribution in [3.63, 3.8) is 0 Å². The molecular weight excluding hydrogens is 285 g/mol. The van der Waals surface area contributed by atoms with Crippen molar-refractivity contribution in [3.05, 3.63) is 58.0 Å². The van der Waals surface area contributed by atoms with Crippen molar-refractivity contribution in [1.29, 1.82) is 0 Å². The number of nitrogens with one attached hydrogen (secondary N) is 1. The highest BCUT2D eigenvalue weighted by Gasteiger charge is 2.07. The Morgan fingerprint density at radius 2 is 2.05 bits per heavy atom. The number of benzene rings is 1. The van der Waals surface area contributed by atoms with Gasteiger partial charge in [0.1, 0.15) is 5.76 Å². The van der Waals surface area contributed by atoms with E-state index in [0.717, 1.165) is 11.3 Å². The maximum absolute atomic E-state index is 11.7. The molecule has 1 aromatic carbocycles. The van der Waals surface area contributed by atoms with Gasteiger partial charge in [0, 0.05) is 6.42 Å². The average molecular weight is 298 g/mol. The van der Waals surface area contributed by atoms with E-state index in [1.807, 2.05) is 18.2 Å². The van der Waals surface area contributed by atoms with Gasteiger partial charge in [0.05, 0.1) is 22.9 Å². The lowest BCUT2D eigenvalue weighted by molar-refractivity contribution is -0.121. The molecule has 0 fully saturated rings. The molecule has 0 saturated heterocycles. The second-order valence-electron chi connectivity index (χ2n) is 4.07. The van der Waals surface area contributed by atoms with Gasteiger partial charge in [0.25, 0.3) is 0 Å². The van der Waals surface area contributed by atoms with Gasteiger partial charge in [-0.1, -0.05) is 35.3 Å². The molecule has 1 aromatic heterocycles. The number of carbonyl (C=O) groups is 1. The lowest BCUT2D eigenvalue weighted by Crippen LogP contribution is -2.22. The Morgan fingerprint density at radius 3 is 2.79 bits per heavy atom. The van der Waals surface area contributed by atoms with Gasteiger partial charge in [-0.05, 0) is 30.2 Å². The van der Waals surface area contributed by atoms with Crippen molar-refractivity contribution < 1.29 is 9.21 Å². The average Bonchev–Trinajstić information content (AvgIpc) is 2.91. The Labute approximate surface area is 121 Å². The molecule has 0 saturated carbocycles. The van der Waals surface area contributed by atoms with Crippen LogP contribution in [0.4, 0.5) is 0 Å². The van der Waals surface area contributed by atoms with E-state index in [9.17, 15) is 4.79 Å². The normalized spacial score (nSPS) is 10.4. The summed E-state index contributed by atoms with van der Waals surface area (Å²) in [7, 11) is 0. The molecule has 1 N–H and O–H groups in total. The first-order valence-electron chi connectivity index (χ1n) is 5.89. The van der Waals surface area contributed by atoms with Crippen LogP contribution >= 0.6 is 23.2 Å². The molecule has 0 radical (unpaired) electrons. The number of hydrogen-bond acceptors (Lipinski definition) is 2. The topological polar surface area (TPSA) is 42.2 Å². The highest BCUT2D eigenvalue weighted by Crippen LogP contribution is 2.26. The molecule has 1 heterocycles. The highest BCUT2D eigenvalue weighted by atomic mass is 35.5. The molecule has 100 valence electrons. The number of aryl methyl sites for hydroxylation is 1. The molecule has 0 aliphatic rings. The number of carbonyl (C=O) groups excluding carboxylic acids is 1. The smallest absolute Gasteiger partial charge is 0.220 e. The third-order valence-corrected chi connectivity index (χ3v) is 3.55. The summed E-state index contributed by atoms with van der Waals surface area (Å²) in [6.45, 7) is 0.398. The SMILES string of the molecule is O=C(CCc1cccc(Cl)c1Cl)NCc1ccco1. The monoisotopic (exact) mass is 297 g/mol. The Morgan fingerprint density at radius 1 is 1.21 bits per heavy atom. The number of rotatable bonds is 5. The number of furan rings is 1. The van der Waals surface area contributed by atoms with Crippen molar-refractivity contribution in [1.82, 2.24) is 5.32 Å². The molecule has 5 heteroatoms. The molecule has 0 aliphatic heterocycles. The predicted octanol–water partition coefficient (Wildman–Crippen LogP) is 3.84. The van der Waals surface area contributed by atoms with Crippen LogP contribution in [0, 0.1) is 0 Å². The molecule has 0 spiro atoms. The first-order valence-corrected chi connectivity index (χ1v) is 6.64. The van der Waals surface area contributed by atoms with Gasteiger partial charge in [-0.15, -0.1) is 0 Å². The van der Waals surface area contributed by atoms with Crippen LogP contribution in [-0.4, -0.2) is 5.91 Å². The van der Waals surface area contributed by atoms with Gasteiger partial charge in [0.15, 0.2) is 0 Å². The second kappa shape index (κ2) is 6.64. The van der Waals surface area contributed by atoms with Crippen LogP contribution in [0.15, 0.2) is 41.0 Å². The summed E-state index contributed by atoms with van der Waals surface area (Å²) in [5, 5.41) is 3.81. The Balaban J connectivity index is 1.81. The molecule has 1 amide bonds. The number of hydrogen-bond donors (Lipinski definition) is 1. The van der Waals surface area contributed by atoms with Gasteiger partial charge in [-0.25, -0.2) is 0 Å². The zero-order valence-corrected chi connectivity index (χ0v) is 11.7. The van der Waals surface area contributed by atoms with Gasteiger partial charge >= 0.3 is 0 Å². The maximum Gasteiger partial charge on any atom is 0.220 e. The van der Waals surface area contributed by atoms with E-state index in [4.69, 9.17) is 27.6 Å². The molecule has 19 heavy (non-hydrogen) atoms. The summed E-state index contributed by atoms with van der Waals surface area (Å²) < 4.78 is 5.13. The minimum Gasteiger partial charge on any atom is -0.467 e. The van der Waals surface area contributed by atoms with Crippen LogP contribution in [0.1, 0.15) is 17.7 Å². The van der Waals surface area contributed by atoms with Crippen molar-refractivity contribution in [2.75, 3.05) is 0 Å². The fourth-order valence-electron chi connectivity index (χ4n) is 1.68. The van der Waals surface area contributed by atoms with Crippen LogP contribution in [0.25, 0.3) is 0 Å². The van der Waals surface area contributed by atoms with Gasteiger partial charge in [-0.2, -0.15) is 0 Å². The molecular formula is C14H13Cl2NO2. The predicted molar refractivity (Wildman–Crippen MR) is 75.3 cm³/mol. The third kappa shape index (κ3) is 4.01. The van der Waals surface area contributed by atoms with Crippen LogP contribution in [0.3, 0.4) is 0 Å². The molecule has 2 aromatic rings. The van der Waals surface area contributed by atoms with E-state index < -0.39 is 0 Å². The van der Waals surface area contributed by atoms with E-state index in [0.29, 0.717) is 29.4 Å². The fourth-order valence-corrected chi connectivity index (χ4v) is 2.09. The lowest BCUT2D eigenvalue weighted by atomic mass is 10.1. The Kier molecular flexibility index (Phi) is 4.88. The molecule has 2 rings (SSSR count). The molecule has 0 atom stereocenters. The minimum atomic E-state index is -0.0487. The lowest BCUT2D eigenvalue weighted by Gasteiger charge is -2.06. The fraction of sp³-hybridized carbons (Fsp3) is 0.214. The molecule has 0 unspecified atom stereocenters. The first kappa shape index (κ1) is 14.0. The Bertz CT molecular complexity index is 553. The summed E-state index contributed by atoms with van der Waals surface area (Å²) in [5.74, 6) is 0.682. The molecule has 3 nitrogen and oxygen atoms in total. The summed E-state index contributed by atoms with van der Waals surface area (Å²) in [6, 6.07) is 9.02. The van der Waals surface area contributed by atoms with Crippen molar-refractivity contribution >= 4 is 29.1 Å². The van der Waals surface area contributed by atoms with Gasteiger partial charge in [-0.3, -0.25) is 4.79 Å². The van der Waals surface area contributed by atoms with E-state index in [1.54, 1.807) is 18.4 Å². The zero-order valence-electron chi connectivity index (χ0n) is 10.2. The largest absolute Gasteiger partial charge is 0.467 e. The summed E-state index contributed by atoms with van der Waals surface area (Å²) >= 11 is 12.0. The summed E-state index contributed by atoms with van der Waals surface area (Å²) in [4.78, 5) is 11.7. The minimum absolute atomic E-state index is 0.0487. The van der Waals surface area contributed by atoms with Crippen LogP contribution in [0.5, 0.6) is 0 Å². The Hall–Kier alpha value is -1.45. The molecule has 0 bridgehead atoms. The standard InChI is InChI=1S/C14H13Cl2NO2/c15-12-5-1-3-10(14(12)16)6-7-13(18)17-9-11-4-2-8-19-11/h1-5,8H,6-7,9H2,(H,17,18). The molecule has 0 aliphatic carbocycles. The van der Waals surface area contributed by atoms with Crippen LogP contribution in [-0.2, 0) is 17.8 Å². The second-order valence-corrected chi connectivity index (χ2v) is 4.85. The van der Waals surface area contributed by atoms with E-state index in [2.05, 4.69) is 5.32 Å². The number of halogens is 2. The van der Waals surface area contributed by atoms with Gasteiger partial charge < -0.3 is 9.73 Å². The first-order chi connectivity index (χ1) is 9.16. The quantitative estimate of drug-likeness (QED) is 0.911. The van der Waals surface area contributed by atoms with Crippen molar-refractivity contribution in [2.45, 2.75) is 19.4 Å². The number of amides is 1. The highest BCUT2D eigenvalue weighted by molar-refractivity contribution is 6.42. The summed E-state index contributed by atoms with van der Waals surface area (Å²) in [5.41, 5.74) is 0.877. The van der Waals surface area contributed by atoms with Gasteiger partial charge in [0.2, 0.25) is 5.91 Å². The third-order valence-electron chi connectivity index (χ3n) is 2.69. The van der Waals surface area contributed by atoms with Crippen LogP contribution < -0.4 is 5.32 Å². The van der Waals surface area contributed by atoms with E-state index >= 15 is 0 Å². The summed E-state index contributed by atoms with van der Waals surface area (Å²) in [6.07, 6.45) is 2.50. The van der Waals surface area contributed by atoms with Crippen LogP contribution in [0.2, 0.25) is 10.0 Å². The van der Waals surface area contributed by atoms with E-state index in [1.165, 1.54) is 0 Å². The van der Waals surface area contributed by atoms with Crippen molar-refractivity contribution in [3.8, 4) is 0 Å². The van der Waals surface area contributed by atoms with Crippen molar-refractivity contribution in [2.24, 2.45) is 0 Å². The van der Waals surface area contributed by atoms with E-state index in [-0.39, 0.29) is 5.91 Å². The maximum atomic E-state index is 11.7.